The lowest BCUT2D eigenvalue weighted by Gasteiger charge is -2.20. The zero-order valence-electron chi connectivity index (χ0n) is 14.2. The molecule has 1 saturated heterocycles. The normalized spacial score (nSPS) is 17.0. The number of aromatic nitrogens is 5. The molecule has 1 fully saturated rings. The van der Waals surface area contributed by atoms with Gasteiger partial charge in [0.25, 0.3) is 0 Å². The third-order valence-corrected chi connectivity index (χ3v) is 6.63. The Balaban J connectivity index is 1.74. The Kier molecular flexibility index (Phi) is 2.95. The van der Waals surface area contributed by atoms with Crippen molar-refractivity contribution in [1.82, 2.24) is 24.6 Å². The summed E-state index contributed by atoms with van der Waals surface area (Å²) in [5.74, 6) is 7.38. The van der Waals surface area contributed by atoms with Gasteiger partial charge in [0, 0.05) is 18.5 Å². The lowest BCUT2D eigenvalue weighted by Crippen LogP contribution is -2.20. The Morgan fingerprint density at radius 3 is 2.77 bits per heavy atom. The quantitative estimate of drug-likeness (QED) is 0.415. The summed E-state index contributed by atoms with van der Waals surface area (Å²) in [6, 6.07) is 0. The van der Waals surface area contributed by atoms with Gasteiger partial charge in [0.2, 0.25) is 5.95 Å². The van der Waals surface area contributed by atoms with Gasteiger partial charge in [-0.2, -0.15) is 9.61 Å². The van der Waals surface area contributed by atoms with Crippen molar-refractivity contribution in [3.8, 4) is 0 Å². The molecule has 8 nitrogen and oxygen atoms in total. The van der Waals surface area contributed by atoms with Gasteiger partial charge in [-0.05, 0) is 43.2 Å². The van der Waals surface area contributed by atoms with E-state index in [-0.39, 0.29) is 0 Å². The van der Waals surface area contributed by atoms with Crippen LogP contribution in [0.5, 0.6) is 0 Å². The van der Waals surface area contributed by atoms with Crippen LogP contribution in [0.2, 0.25) is 0 Å². The van der Waals surface area contributed by atoms with Gasteiger partial charge in [-0.15, -0.1) is 11.3 Å². The summed E-state index contributed by atoms with van der Waals surface area (Å²) in [5, 5.41) is 5.42. The van der Waals surface area contributed by atoms with Crippen LogP contribution in [-0.2, 0) is 12.8 Å². The molecule has 2 aliphatic rings. The zero-order valence-corrected chi connectivity index (χ0v) is 15.0. The molecule has 5 heterocycles. The van der Waals surface area contributed by atoms with E-state index in [0.717, 1.165) is 46.6 Å². The smallest absolute Gasteiger partial charge is 0.241 e. The van der Waals surface area contributed by atoms with Crippen molar-refractivity contribution in [1.29, 1.82) is 0 Å². The highest BCUT2D eigenvalue weighted by Crippen LogP contribution is 2.43. The number of hydrogen-bond acceptors (Lipinski definition) is 8. The number of hydrazine groups is 1. The van der Waals surface area contributed by atoms with Gasteiger partial charge in [-0.3, -0.25) is 5.43 Å². The first-order chi connectivity index (χ1) is 12.8. The molecular formula is C17H18N8S. The molecule has 0 amide bonds. The van der Waals surface area contributed by atoms with Crippen LogP contribution in [0.15, 0.2) is 6.33 Å². The fourth-order valence-corrected chi connectivity index (χ4v) is 5.56. The molecule has 26 heavy (non-hydrogen) atoms. The number of rotatable bonds is 2. The van der Waals surface area contributed by atoms with Gasteiger partial charge < -0.3 is 4.90 Å². The summed E-state index contributed by atoms with van der Waals surface area (Å²) in [4.78, 5) is 17.8. The average molecular weight is 366 g/mol. The van der Waals surface area contributed by atoms with E-state index in [0.29, 0.717) is 5.95 Å². The maximum atomic E-state index is 5.68. The van der Waals surface area contributed by atoms with E-state index in [9.17, 15) is 0 Å². The third kappa shape index (κ3) is 1.81. The monoisotopic (exact) mass is 366 g/mol. The second-order valence-corrected chi connectivity index (χ2v) is 7.97. The number of fused-ring (bicyclic) bond motifs is 7. The standard InChI is InChI=1S/C17H18N8S/c18-23-17-21-12-11-9-4-3-5-10(9)14(24-6-1-2-7-24)22-16(11)26-13(12)15-19-8-20-25(15)17/h8H,1-7,18H2,(H,21,23). The number of nitrogen functional groups attached to an aromatic ring is 1. The van der Waals surface area contributed by atoms with Crippen molar-refractivity contribution < 1.29 is 0 Å². The number of aryl methyl sites for hydroxylation is 1. The highest BCUT2D eigenvalue weighted by molar-refractivity contribution is 7.26. The molecule has 4 aromatic rings. The molecule has 0 saturated carbocycles. The molecule has 4 aromatic heterocycles. The predicted octanol–water partition coefficient (Wildman–Crippen LogP) is 2.26. The largest absolute Gasteiger partial charge is 0.356 e. The molecule has 0 atom stereocenters. The number of anilines is 2. The molecule has 0 spiro atoms. The fraction of sp³-hybridized carbons (Fsp3) is 0.412. The van der Waals surface area contributed by atoms with Crippen molar-refractivity contribution in [2.75, 3.05) is 23.4 Å². The Labute approximate surface area is 153 Å². The summed E-state index contributed by atoms with van der Waals surface area (Å²) in [6.45, 7) is 2.23. The molecule has 0 radical (unpaired) electrons. The Bertz CT molecular complexity index is 1170. The van der Waals surface area contributed by atoms with E-state index in [1.54, 1.807) is 15.9 Å². The molecule has 1 aliphatic carbocycles. The van der Waals surface area contributed by atoms with Crippen molar-refractivity contribution in [2.45, 2.75) is 32.1 Å². The molecule has 0 aromatic carbocycles. The lowest BCUT2D eigenvalue weighted by atomic mass is 10.1. The van der Waals surface area contributed by atoms with Crippen molar-refractivity contribution in [2.24, 2.45) is 5.84 Å². The van der Waals surface area contributed by atoms with Gasteiger partial charge in [0.05, 0.1) is 5.52 Å². The summed E-state index contributed by atoms with van der Waals surface area (Å²) < 4.78 is 2.68. The molecule has 9 heteroatoms. The number of thiophene rings is 1. The number of nitrogens with two attached hydrogens (primary N) is 1. The highest BCUT2D eigenvalue weighted by Gasteiger charge is 2.28. The minimum atomic E-state index is 0.500. The van der Waals surface area contributed by atoms with Gasteiger partial charge >= 0.3 is 0 Å². The number of hydrogen-bond donors (Lipinski definition) is 2. The summed E-state index contributed by atoms with van der Waals surface area (Å²) in [5.41, 5.74) is 7.21. The molecule has 132 valence electrons. The van der Waals surface area contributed by atoms with E-state index >= 15 is 0 Å². The first-order valence-electron chi connectivity index (χ1n) is 9.04. The Morgan fingerprint density at radius 1 is 1.08 bits per heavy atom. The number of pyridine rings is 1. The van der Waals surface area contributed by atoms with E-state index in [2.05, 4.69) is 20.4 Å². The first kappa shape index (κ1) is 14.6. The van der Waals surface area contributed by atoms with Gasteiger partial charge in [-0.25, -0.2) is 20.8 Å². The van der Waals surface area contributed by atoms with Gasteiger partial charge in [0.15, 0.2) is 5.65 Å². The van der Waals surface area contributed by atoms with Gasteiger partial charge in [0.1, 0.15) is 21.7 Å². The molecule has 1 aliphatic heterocycles. The number of nitrogens with zero attached hydrogens (tertiary/aromatic N) is 6. The summed E-state index contributed by atoms with van der Waals surface area (Å²) in [7, 11) is 0. The van der Waals surface area contributed by atoms with Crippen LogP contribution in [-0.4, -0.2) is 37.7 Å². The Hall–Kier alpha value is -2.52. The Morgan fingerprint density at radius 2 is 1.92 bits per heavy atom. The van der Waals surface area contributed by atoms with Crippen LogP contribution in [0.4, 0.5) is 11.8 Å². The average Bonchev–Trinajstić information content (AvgIpc) is 3.45. The predicted molar refractivity (Wildman–Crippen MR) is 103 cm³/mol. The maximum absolute atomic E-state index is 5.68. The van der Waals surface area contributed by atoms with E-state index < -0.39 is 0 Å². The van der Waals surface area contributed by atoms with E-state index in [4.69, 9.17) is 15.8 Å². The molecule has 0 bridgehead atoms. The maximum Gasteiger partial charge on any atom is 0.241 e. The van der Waals surface area contributed by atoms with Crippen molar-refractivity contribution in [3.63, 3.8) is 0 Å². The van der Waals surface area contributed by atoms with E-state index in [1.807, 2.05) is 0 Å². The van der Waals surface area contributed by atoms with Crippen LogP contribution < -0.4 is 16.2 Å². The second-order valence-electron chi connectivity index (χ2n) is 6.98. The fourth-order valence-electron chi connectivity index (χ4n) is 4.44. The molecule has 6 rings (SSSR count). The summed E-state index contributed by atoms with van der Waals surface area (Å²) in [6.07, 6.45) is 7.43. The molecular weight excluding hydrogens is 348 g/mol. The SMILES string of the molecule is NNc1nc2c(sc3nc(N4CCCC4)c4c(c32)CCC4)c2ncnn12. The van der Waals surface area contributed by atoms with Crippen LogP contribution in [0.25, 0.3) is 26.1 Å². The minimum absolute atomic E-state index is 0.500. The highest BCUT2D eigenvalue weighted by atomic mass is 32.1. The topological polar surface area (TPSA) is 97.3 Å². The van der Waals surface area contributed by atoms with Gasteiger partial charge in [-0.1, -0.05) is 0 Å². The van der Waals surface area contributed by atoms with E-state index in [1.165, 1.54) is 47.9 Å². The van der Waals surface area contributed by atoms with Crippen LogP contribution in [0, 0.1) is 0 Å². The minimum Gasteiger partial charge on any atom is -0.356 e. The summed E-state index contributed by atoms with van der Waals surface area (Å²) >= 11 is 1.66. The van der Waals surface area contributed by atoms with Crippen molar-refractivity contribution >= 4 is 49.2 Å². The molecule has 3 N–H and O–H groups in total. The third-order valence-electron chi connectivity index (χ3n) is 5.57. The first-order valence-corrected chi connectivity index (χ1v) is 9.86. The second kappa shape index (κ2) is 5.24. The lowest BCUT2D eigenvalue weighted by molar-refractivity contribution is 0.893. The van der Waals surface area contributed by atoms with Crippen LogP contribution in [0.3, 0.4) is 0 Å². The number of nitrogens with one attached hydrogen (secondary N) is 1. The zero-order chi connectivity index (χ0) is 17.3. The molecule has 0 unspecified atom stereocenters. The van der Waals surface area contributed by atoms with Crippen LogP contribution >= 0.6 is 11.3 Å². The van der Waals surface area contributed by atoms with Crippen LogP contribution in [0.1, 0.15) is 30.4 Å². The van der Waals surface area contributed by atoms with Crippen molar-refractivity contribution in [3.05, 3.63) is 17.5 Å².